The number of amides is 1. The first kappa shape index (κ1) is 28.3. The zero-order valence-corrected chi connectivity index (χ0v) is 22.6. The number of alkyl halides is 3. The molecule has 0 aliphatic rings. The van der Waals surface area contributed by atoms with Crippen molar-refractivity contribution in [1.82, 2.24) is 4.98 Å². The van der Waals surface area contributed by atoms with Crippen molar-refractivity contribution in [2.45, 2.75) is 24.4 Å². The Morgan fingerprint density at radius 3 is 2.54 bits per heavy atom. The molecule has 0 radical (unpaired) electrons. The predicted molar refractivity (Wildman–Crippen MR) is 145 cm³/mol. The van der Waals surface area contributed by atoms with Crippen LogP contribution >= 0.6 is 22.9 Å². The van der Waals surface area contributed by atoms with Crippen LogP contribution in [0.25, 0.3) is 11.3 Å². The lowest BCUT2D eigenvalue weighted by molar-refractivity contribution is -0.137. The summed E-state index contributed by atoms with van der Waals surface area (Å²) in [6.45, 7) is 1.82. The van der Waals surface area contributed by atoms with Gasteiger partial charge in [-0.3, -0.25) is 9.00 Å². The molecule has 4 aromatic rings. The highest BCUT2D eigenvalue weighted by Gasteiger charge is 2.31. The molecule has 12 heteroatoms. The number of hydrogen-bond acceptors (Lipinski definition) is 6. The van der Waals surface area contributed by atoms with Crippen LogP contribution in [0, 0.1) is 11.3 Å². The molecule has 0 aliphatic carbocycles. The highest BCUT2D eigenvalue weighted by atomic mass is 35.5. The number of nitrogens with one attached hydrogen (secondary N) is 1. The summed E-state index contributed by atoms with van der Waals surface area (Å²) < 4.78 is 56.9. The second-order valence-electron chi connectivity index (χ2n) is 8.10. The Labute approximate surface area is 233 Å². The van der Waals surface area contributed by atoms with Crippen LogP contribution in [0.4, 0.5) is 18.3 Å². The first-order chi connectivity index (χ1) is 18.6. The van der Waals surface area contributed by atoms with E-state index in [1.165, 1.54) is 0 Å². The highest BCUT2D eigenvalue weighted by Crippen LogP contribution is 2.43. The van der Waals surface area contributed by atoms with E-state index in [0.717, 1.165) is 29.5 Å². The van der Waals surface area contributed by atoms with Crippen LogP contribution in [0.1, 0.15) is 23.6 Å². The van der Waals surface area contributed by atoms with Gasteiger partial charge in [-0.2, -0.15) is 18.4 Å². The molecule has 0 spiro atoms. The van der Waals surface area contributed by atoms with Crippen LogP contribution in [-0.2, 0) is 28.2 Å². The molecule has 1 aromatic heterocycles. The largest absolute Gasteiger partial charge is 0.443 e. The summed E-state index contributed by atoms with van der Waals surface area (Å²) in [5, 5.41) is 12.1. The van der Waals surface area contributed by atoms with E-state index in [1.807, 2.05) is 13.0 Å². The van der Waals surface area contributed by atoms with Crippen molar-refractivity contribution in [3.05, 3.63) is 88.4 Å². The van der Waals surface area contributed by atoms with E-state index in [4.69, 9.17) is 16.3 Å². The van der Waals surface area contributed by atoms with Gasteiger partial charge in [0.25, 0.3) is 0 Å². The molecule has 200 valence electrons. The van der Waals surface area contributed by atoms with Gasteiger partial charge in [-0.25, -0.2) is 4.98 Å². The fourth-order valence-corrected chi connectivity index (χ4v) is 5.34. The third-order valence-corrected chi connectivity index (χ3v) is 7.85. The number of aromatic nitrogens is 1. The molecule has 0 fully saturated rings. The number of rotatable bonds is 8. The lowest BCUT2D eigenvalue weighted by Gasteiger charge is -2.11. The summed E-state index contributed by atoms with van der Waals surface area (Å²) in [4.78, 5) is 17.9. The van der Waals surface area contributed by atoms with Gasteiger partial charge in [-0.15, -0.1) is 0 Å². The average Bonchev–Trinajstić information content (AvgIpc) is 3.31. The van der Waals surface area contributed by atoms with Gasteiger partial charge in [0, 0.05) is 16.2 Å². The Hall–Kier alpha value is -3.72. The minimum Gasteiger partial charge on any atom is -0.443 e. The Morgan fingerprint density at radius 1 is 1.15 bits per heavy atom. The molecule has 0 bridgehead atoms. The quantitative estimate of drug-likeness (QED) is 0.230. The second kappa shape index (κ2) is 12.0. The first-order valence-electron chi connectivity index (χ1n) is 11.4. The molecular weight excluding hydrogens is 571 g/mol. The fourth-order valence-electron chi connectivity index (χ4n) is 3.48. The molecule has 4 rings (SSSR count). The summed E-state index contributed by atoms with van der Waals surface area (Å²) in [6, 6.07) is 18.1. The zero-order valence-electron chi connectivity index (χ0n) is 20.2. The van der Waals surface area contributed by atoms with Crippen LogP contribution in [0.15, 0.2) is 71.6 Å². The van der Waals surface area contributed by atoms with Gasteiger partial charge >= 0.3 is 6.18 Å². The SMILES string of the molecule is CCS(=O)c1ccc(CC(=O)Nc2nc(-c3cccc(C#N)c3)c(Oc3ccc(C(F)(F)F)cc3Cl)s2)cc1. The number of benzene rings is 3. The number of nitrogens with zero attached hydrogens (tertiary/aromatic N) is 2. The number of carbonyl (C=O) groups is 1. The summed E-state index contributed by atoms with van der Waals surface area (Å²) >= 11 is 7.04. The summed E-state index contributed by atoms with van der Waals surface area (Å²) in [5.74, 6) is 0.0870. The lowest BCUT2D eigenvalue weighted by Crippen LogP contribution is -2.14. The van der Waals surface area contributed by atoms with Gasteiger partial charge in [0.15, 0.2) is 5.13 Å². The van der Waals surface area contributed by atoms with Gasteiger partial charge in [0.1, 0.15) is 11.4 Å². The van der Waals surface area contributed by atoms with Gasteiger partial charge < -0.3 is 10.1 Å². The Kier molecular flexibility index (Phi) is 8.70. The topological polar surface area (TPSA) is 92.1 Å². The monoisotopic (exact) mass is 589 g/mol. The number of halogens is 4. The summed E-state index contributed by atoms with van der Waals surface area (Å²) in [6.07, 6.45) is -4.54. The van der Waals surface area contributed by atoms with E-state index in [9.17, 15) is 27.4 Å². The van der Waals surface area contributed by atoms with E-state index in [-0.39, 0.29) is 39.0 Å². The van der Waals surface area contributed by atoms with E-state index >= 15 is 0 Å². The Morgan fingerprint density at radius 2 is 1.90 bits per heavy atom. The molecule has 0 saturated heterocycles. The molecule has 1 heterocycles. The smallest absolute Gasteiger partial charge is 0.416 e. The van der Waals surface area contributed by atoms with Crippen molar-refractivity contribution in [1.29, 1.82) is 5.26 Å². The number of nitriles is 1. The Bertz CT molecular complexity index is 1580. The van der Waals surface area contributed by atoms with E-state index in [1.54, 1.807) is 48.5 Å². The normalized spacial score (nSPS) is 12.0. The van der Waals surface area contributed by atoms with Crippen LogP contribution in [0.5, 0.6) is 10.8 Å². The standard InChI is InChI=1S/C27H19ClF3N3O3S2/c1-2-39(36)20-9-6-16(7-10-20)13-23(35)33-26-34-24(18-5-3-4-17(12-18)15-32)25(38-26)37-22-11-8-19(14-21(22)28)27(29,30)31/h3-12,14H,2,13H2,1H3,(H,33,34,35). The van der Waals surface area contributed by atoms with Crippen LogP contribution in [0.2, 0.25) is 5.02 Å². The predicted octanol–water partition coefficient (Wildman–Crippen LogP) is 7.45. The fraction of sp³-hybridized carbons (Fsp3) is 0.148. The van der Waals surface area contributed by atoms with Crippen molar-refractivity contribution in [2.24, 2.45) is 0 Å². The van der Waals surface area contributed by atoms with Crippen molar-refractivity contribution >= 4 is 44.8 Å². The van der Waals surface area contributed by atoms with E-state index in [2.05, 4.69) is 10.3 Å². The molecule has 1 atom stereocenters. The number of hydrogen-bond donors (Lipinski definition) is 1. The summed E-state index contributed by atoms with van der Waals surface area (Å²) in [7, 11) is -1.10. The molecule has 1 unspecified atom stereocenters. The number of carbonyl (C=O) groups excluding carboxylic acids is 1. The van der Waals surface area contributed by atoms with Gasteiger partial charge in [0.2, 0.25) is 11.0 Å². The minimum atomic E-state index is -4.57. The maximum Gasteiger partial charge on any atom is 0.416 e. The molecule has 0 saturated carbocycles. The van der Waals surface area contributed by atoms with E-state index < -0.39 is 22.5 Å². The van der Waals surface area contributed by atoms with Crippen molar-refractivity contribution in [3.8, 4) is 28.1 Å². The average molecular weight is 590 g/mol. The second-order valence-corrected chi connectivity index (χ2v) is 11.2. The maximum absolute atomic E-state index is 13.0. The van der Waals surface area contributed by atoms with Gasteiger partial charge in [-0.1, -0.05) is 54.1 Å². The number of thiazole rings is 1. The van der Waals surface area contributed by atoms with Crippen molar-refractivity contribution in [2.75, 3.05) is 11.1 Å². The molecule has 6 nitrogen and oxygen atoms in total. The van der Waals surface area contributed by atoms with Crippen LogP contribution in [-0.4, -0.2) is 20.9 Å². The minimum absolute atomic E-state index is 0.0266. The third kappa shape index (κ3) is 7.03. The molecule has 0 aliphatic heterocycles. The number of ether oxygens (including phenoxy) is 1. The zero-order chi connectivity index (χ0) is 28.2. The maximum atomic E-state index is 13.0. The van der Waals surface area contributed by atoms with E-state index in [0.29, 0.717) is 27.3 Å². The van der Waals surface area contributed by atoms with Crippen LogP contribution < -0.4 is 10.1 Å². The highest BCUT2D eigenvalue weighted by molar-refractivity contribution is 7.85. The summed E-state index contributed by atoms with van der Waals surface area (Å²) in [5.41, 5.74) is 0.916. The molecule has 39 heavy (non-hydrogen) atoms. The molecule has 1 amide bonds. The number of anilines is 1. The van der Waals surface area contributed by atoms with Gasteiger partial charge in [0.05, 0.1) is 39.4 Å². The lowest BCUT2D eigenvalue weighted by atomic mass is 10.1. The third-order valence-electron chi connectivity index (χ3n) is 5.38. The molecule has 1 N–H and O–H groups in total. The molecule has 3 aromatic carbocycles. The van der Waals surface area contributed by atoms with Crippen molar-refractivity contribution in [3.63, 3.8) is 0 Å². The van der Waals surface area contributed by atoms with Crippen molar-refractivity contribution < 1.29 is 26.9 Å². The first-order valence-corrected chi connectivity index (χ1v) is 13.9. The van der Waals surface area contributed by atoms with Crippen LogP contribution in [0.3, 0.4) is 0 Å². The Balaban J connectivity index is 1.61. The van der Waals surface area contributed by atoms with Gasteiger partial charge in [-0.05, 0) is 48.0 Å². The molecular formula is C27H19ClF3N3O3S2.